The fourth-order valence-corrected chi connectivity index (χ4v) is 5.22. The molecule has 0 fully saturated rings. The van der Waals surface area contributed by atoms with Crippen molar-refractivity contribution in [3.05, 3.63) is 112 Å². The van der Waals surface area contributed by atoms with Crippen LogP contribution in [-0.2, 0) is 24.4 Å². The van der Waals surface area contributed by atoms with E-state index in [1.807, 2.05) is 72.8 Å². The van der Waals surface area contributed by atoms with Gasteiger partial charge in [0.1, 0.15) is 5.82 Å². The molecular weight excluding hydrogens is 498 g/mol. The minimum absolute atomic E-state index is 0.00867. The molecule has 0 spiro atoms. The van der Waals surface area contributed by atoms with Crippen molar-refractivity contribution in [3.63, 3.8) is 0 Å². The smallest absolute Gasteiger partial charge is 0.227 e. The van der Waals surface area contributed by atoms with Gasteiger partial charge in [0.05, 0.1) is 17.5 Å². The van der Waals surface area contributed by atoms with Gasteiger partial charge < -0.3 is 21.0 Å². The third-order valence-corrected chi connectivity index (χ3v) is 7.33. The van der Waals surface area contributed by atoms with Crippen LogP contribution in [-0.4, -0.2) is 22.4 Å². The number of hydrazine groups is 1. The van der Waals surface area contributed by atoms with Crippen LogP contribution in [0.5, 0.6) is 0 Å². The highest BCUT2D eigenvalue weighted by Crippen LogP contribution is 2.44. The van der Waals surface area contributed by atoms with Gasteiger partial charge in [0.15, 0.2) is 5.82 Å². The van der Waals surface area contributed by atoms with Crippen LogP contribution in [0.2, 0.25) is 5.02 Å². The van der Waals surface area contributed by atoms with E-state index < -0.39 is 0 Å². The lowest BCUT2D eigenvalue weighted by Crippen LogP contribution is -2.48. The van der Waals surface area contributed by atoms with Crippen molar-refractivity contribution >= 4 is 35.1 Å². The van der Waals surface area contributed by atoms with E-state index in [1.165, 1.54) is 0 Å². The van der Waals surface area contributed by atoms with Crippen LogP contribution in [0.25, 0.3) is 0 Å². The Balaban J connectivity index is 1.29. The van der Waals surface area contributed by atoms with Gasteiger partial charge in [0, 0.05) is 31.2 Å². The summed E-state index contributed by atoms with van der Waals surface area (Å²) in [5, 5.41) is 7.14. The van der Waals surface area contributed by atoms with Gasteiger partial charge in [0.2, 0.25) is 11.9 Å². The van der Waals surface area contributed by atoms with Crippen LogP contribution >= 0.6 is 11.6 Å². The summed E-state index contributed by atoms with van der Waals surface area (Å²) < 4.78 is 0. The van der Waals surface area contributed by atoms with Gasteiger partial charge in [-0.15, -0.1) is 0 Å². The molecular formula is C29H28ClN7O. The molecule has 0 saturated heterocycles. The zero-order chi connectivity index (χ0) is 25.9. The number of aromatic nitrogens is 2. The summed E-state index contributed by atoms with van der Waals surface area (Å²) in [6.07, 6.45) is 0. The van der Waals surface area contributed by atoms with E-state index in [0.29, 0.717) is 43.0 Å². The van der Waals surface area contributed by atoms with Crippen LogP contribution in [0.15, 0.2) is 84.9 Å². The summed E-state index contributed by atoms with van der Waals surface area (Å²) in [4.78, 5) is 25.3. The monoisotopic (exact) mass is 525 g/mol. The Hall–Kier alpha value is -4.14. The Morgan fingerprint density at radius 2 is 1.63 bits per heavy atom. The molecule has 8 nitrogen and oxygen atoms in total. The van der Waals surface area contributed by atoms with Gasteiger partial charge in [-0.1, -0.05) is 90.5 Å². The van der Waals surface area contributed by atoms with E-state index in [0.717, 1.165) is 28.1 Å². The Bertz CT molecular complexity index is 1430. The van der Waals surface area contributed by atoms with Crippen molar-refractivity contribution in [1.82, 2.24) is 20.7 Å². The van der Waals surface area contributed by atoms with Gasteiger partial charge >= 0.3 is 0 Å². The highest BCUT2D eigenvalue weighted by molar-refractivity contribution is 6.31. The zero-order valence-corrected chi connectivity index (χ0v) is 21.4. The maximum absolute atomic E-state index is 13.5. The number of anilines is 3. The summed E-state index contributed by atoms with van der Waals surface area (Å²) in [7, 11) is 0. The first kappa shape index (κ1) is 24.2. The lowest BCUT2D eigenvalue weighted by atomic mass is 9.89. The topological polar surface area (TPSA) is 94.2 Å². The first-order valence-electron chi connectivity index (χ1n) is 12.7. The maximum atomic E-state index is 13.5. The molecule has 2 unspecified atom stereocenters. The lowest BCUT2D eigenvalue weighted by Gasteiger charge is -2.37. The molecule has 2 aliphatic rings. The van der Waals surface area contributed by atoms with Gasteiger partial charge in [-0.05, 0) is 22.8 Å². The first-order valence-corrected chi connectivity index (χ1v) is 13.0. The molecule has 0 radical (unpaired) electrons. The fraction of sp³-hybridized carbons (Fsp3) is 0.207. The number of amides is 1. The van der Waals surface area contributed by atoms with E-state index in [1.54, 1.807) is 0 Å². The lowest BCUT2D eigenvalue weighted by molar-refractivity contribution is -0.125. The normalized spacial score (nSPS) is 17.4. The maximum Gasteiger partial charge on any atom is 0.227 e. The first-order chi connectivity index (χ1) is 18.7. The molecule has 1 amide bonds. The molecule has 2 aliphatic heterocycles. The molecule has 9 heteroatoms. The fourth-order valence-electron chi connectivity index (χ4n) is 5.02. The molecule has 0 aliphatic carbocycles. The Morgan fingerprint density at radius 1 is 0.921 bits per heavy atom. The van der Waals surface area contributed by atoms with Gasteiger partial charge in [-0.2, -0.15) is 9.97 Å². The molecule has 6 rings (SSSR count). The van der Waals surface area contributed by atoms with E-state index in [9.17, 15) is 4.79 Å². The Morgan fingerprint density at radius 3 is 2.39 bits per heavy atom. The summed E-state index contributed by atoms with van der Waals surface area (Å²) >= 11 is 6.35. The molecule has 192 valence electrons. The summed E-state index contributed by atoms with van der Waals surface area (Å²) in [5.41, 5.74) is 10.6. The number of carbonyl (C=O) groups is 1. The molecule has 38 heavy (non-hydrogen) atoms. The van der Waals surface area contributed by atoms with Crippen molar-refractivity contribution in [3.8, 4) is 0 Å². The third-order valence-electron chi connectivity index (χ3n) is 6.96. The van der Waals surface area contributed by atoms with Crippen molar-refractivity contribution < 1.29 is 4.79 Å². The largest absolute Gasteiger partial charge is 0.352 e. The minimum Gasteiger partial charge on any atom is -0.352 e. The number of nitrogens with one attached hydrogen (secondary N) is 4. The van der Waals surface area contributed by atoms with Crippen LogP contribution in [0.3, 0.4) is 0 Å². The average molecular weight is 526 g/mol. The van der Waals surface area contributed by atoms with E-state index in [2.05, 4.69) is 38.5 Å². The van der Waals surface area contributed by atoms with E-state index >= 15 is 0 Å². The predicted octanol–water partition coefficient (Wildman–Crippen LogP) is 4.67. The number of rotatable bonds is 8. The second-order valence-corrected chi connectivity index (χ2v) is 9.91. The highest BCUT2D eigenvalue weighted by atomic mass is 35.5. The van der Waals surface area contributed by atoms with Gasteiger partial charge in [-0.3, -0.25) is 4.79 Å². The summed E-state index contributed by atoms with van der Waals surface area (Å²) in [6, 6.07) is 27.6. The van der Waals surface area contributed by atoms with Crippen LogP contribution < -0.4 is 26.4 Å². The molecule has 4 N–H and O–H groups in total. The second-order valence-electron chi connectivity index (χ2n) is 9.50. The quantitative estimate of drug-likeness (QED) is 0.266. The number of hydrogen-bond donors (Lipinski definition) is 4. The average Bonchev–Trinajstić information content (AvgIpc) is 3.38. The predicted molar refractivity (Wildman–Crippen MR) is 150 cm³/mol. The standard InChI is InChI=1S/C29H28ClN7O/c30-23-14-8-7-13-21(23)16-32-29-33-26-24-25(35-36-26)22(28(38)31-15-19-9-3-1-4-10-19)18-37(27(24)34-29)17-20-11-5-2-6-12-20/h1-14,22,25,35H,15-18H2,(H,31,38)(H2,32,33,34,36). The van der Waals surface area contributed by atoms with Crippen molar-refractivity contribution in [2.24, 2.45) is 5.92 Å². The Kier molecular flexibility index (Phi) is 6.81. The minimum atomic E-state index is -0.325. The summed E-state index contributed by atoms with van der Waals surface area (Å²) in [6.45, 7) is 2.12. The molecule has 1 aromatic heterocycles. The molecule has 3 aromatic carbocycles. The molecule has 0 bridgehead atoms. The van der Waals surface area contributed by atoms with Crippen LogP contribution in [0, 0.1) is 5.92 Å². The van der Waals surface area contributed by atoms with Gasteiger partial charge in [-0.25, -0.2) is 5.43 Å². The van der Waals surface area contributed by atoms with Crippen molar-refractivity contribution in [2.75, 3.05) is 22.2 Å². The molecule has 3 heterocycles. The number of benzene rings is 3. The number of hydrogen-bond acceptors (Lipinski definition) is 7. The number of halogens is 1. The van der Waals surface area contributed by atoms with Crippen molar-refractivity contribution in [1.29, 1.82) is 0 Å². The van der Waals surface area contributed by atoms with E-state index in [-0.39, 0.29) is 17.9 Å². The second kappa shape index (κ2) is 10.7. The number of carbonyl (C=O) groups excluding carboxylic acids is 1. The third kappa shape index (κ3) is 5.01. The molecule has 0 saturated carbocycles. The zero-order valence-electron chi connectivity index (χ0n) is 20.7. The number of nitrogens with zero attached hydrogens (tertiary/aromatic N) is 3. The molecule has 2 atom stereocenters. The van der Waals surface area contributed by atoms with E-state index in [4.69, 9.17) is 21.6 Å². The summed E-state index contributed by atoms with van der Waals surface area (Å²) in [5.74, 6) is 1.66. The Labute approximate surface area is 226 Å². The van der Waals surface area contributed by atoms with Crippen molar-refractivity contribution in [2.45, 2.75) is 25.7 Å². The van der Waals surface area contributed by atoms with Crippen LogP contribution in [0.1, 0.15) is 28.3 Å². The molecule has 4 aromatic rings. The highest BCUT2D eigenvalue weighted by Gasteiger charge is 2.44. The SMILES string of the molecule is O=C(NCc1ccccc1)C1CN(Cc2ccccc2)c2nc(NCc3ccccc3Cl)nc3c2C1NN3. The van der Waals surface area contributed by atoms with Gasteiger partial charge in [0.25, 0.3) is 0 Å². The van der Waals surface area contributed by atoms with Crippen LogP contribution in [0.4, 0.5) is 17.6 Å².